The molecular weight excluding hydrogens is 279 g/mol. The lowest BCUT2D eigenvalue weighted by Crippen LogP contribution is -2.22. The molecular formula is C13H11FN4O3. The van der Waals surface area contributed by atoms with Gasteiger partial charge < -0.3 is 21.2 Å². The minimum atomic E-state index is -0.760. The zero-order valence-corrected chi connectivity index (χ0v) is 10.6. The fraction of sp³-hybridized carbons (Fsp3) is 0. The number of carbonyl (C=O) groups excluding carboxylic acids is 1. The fourth-order valence-electron chi connectivity index (χ4n) is 1.71. The third-order valence-corrected chi connectivity index (χ3v) is 2.64. The van der Waals surface area contributed by atoms with Gasteiger partial charge in [-0.3, -0.25) is 9.59 Å². The summed E-state index contributed by atoms with van der Waals surface area (Å²) in [5.74, 6) is -1.90. The predicted octanol–water partition coefficient (Wildman–Crippen LogP) is 0.861. The number of H-pyrrole nitrogens is 1. The average Bonchev–Trinajstić information content (AvgIpc) is 2.46. The van der Waals surface area contributed by atoms with Crippen LogP contribution in [0.5, 0.6) is 0 Å². The summed E-state index contributed by atoms with van der Waals surface area (Å²) in [6.07, 6.45) is 0. The highest BCUT2D eigenvalue weighted by Crippen LogP contribution is 2.19. The van der Waals surface area contributed by atoms with Crippen LogP contribution in [0.25, 0.3) is 0 Å². The van der Waals surface area contributed by atoms with Crippen LogP contribution in [0.4, 0.5) is 10.1 Å². The number of aromatic amines is 1. The number of oxime groups is 1. The largest absolute Gasteiger partial charge is 0.409 e. The summed E-state index contributed by atoms with van der Waals surface area (Å²) in [6, 6.07) is 7.89. The Morgan fingerprint density at radius 1 is 1.29 bits per heavy atom. The van der Waals surface area contributed by atoms with Gasteiger partial charge in [-0.2, -0.15) is 0 Å². The number of anilines is 1. The van der Waals surface area contributed by atoms with Gasteiger partial charge in [-0.25, -0.2) is 4.39 Å². The van der Waals surface area contributed by atoms with Crippen LogP contribution in [0.2, 0.25) is 0 Å². The number of hydrogen-bond acceptors (Lipinski definition) is 4. The highest BCUT2D eigenvalue weighted by molar-refractivity contribution is 6.09. The molecule has 108 valence electrons. The van der Waals surface area contributed by atoms with Gasteiger partial charge >= 0.3 is 0 Å². The minimum Gasteiger partial charge on any atom is -0.409 e. The third-order valence-electron chi connectivity index (χ3n) is 2.64. The molecule has 0 aliphatic carbocycles. The number of pyridine rings is 1. The Labute approximate surface area is 117 Å². The van der Waals surface area contributed by atoms with Gasteiger partial charge in [0.2, 0.25) is 5.56 Å². The summed E-state index contributed by atoms with van der Waals surface area (Å²) in [4.78, 5) is 25.5. The van der Waals surface area contributed by atoms with Gasteiger partial charge in [-0.05, 0) is 18.2 Å². The summed E-state index contributed by atoms with van der Waals surface area (Å²) in [6.45, 7) is 0. The van der Waals surface area contributed by atoms with Gasteiger partial charge in [0, 0.05) is 6.07 Å². The number of amidine groups is 1. The van der Waals surface area contributed by atoms with Crippen molar-refractivity contribution in [3.05, 3.63) is 63.8 Å². The number of halogens is 1. The molecule has 1 heterocycles. The van der Waals surface area contributed by atoms with Crippen LogP contribution >= 0.6 is 0 Å². The van der Waals surface area contributed by atoms with Crippen LogP contribution in [-0.4, -0.2) is 21.9 Å². The van der Waals surface area contributed by atoms with E-state index >= 15 is 0 Å². The van der Waals surface area contributed by atoms with Crippen LogP contribution in [0.15, 0.2) is 46.3 Å². The van der Waals surface area contributed by atoms with Crippen molar-refractivity contribution < 1.29 is 14.4 Å². The topological polar surface area (TPSA) is 121 Å². The zero-order valence-electron chi connectivity index (χ0n) is 10.6. The number of nitrogens with two attached hydrogens (primary N) is 1. The Morgan fingerprint density at radius 3 is 2.67 bits per heavy atom. The zero-order chi connectivity index (χ0) is 15.4. The molecule has 0 saturated heterocycles. The van der Waals surface area contributed by atoms with Crippen LogP contribution in [0, 0.1) is 5.82 Å². The molecule has 0 spiro atoms. The van der Waals surface area contributed by atoms with E-state index in [0.29, 0.717) is 0 Å². The van der Waals surface area contributed by atoms with Crippen molar-refractivity contribution in [2.45, 2.75) is 0 Å². The second-order valence-corrected chi connectivity index (χ2v) is 4.03. The Balaban J connectivity index is 2.38. The van der Waals surface area contributed by atoms with Gasteiger partial charge in [-0.15, -0.1) is 0 Å². The van der Waals surface area contributed by atoms with Crippen LogP contribution in [-0.2, 0) is 0 Å². The first-order chi connectivity index (χ1) is 10.0. The first-order valence-corrected chi connectivity index (χ1v) is 5.80. The fourth-order valence-corrected chi connectivity index (χ4v) is 1.71. The van der Waals surface area contributed by atoms with Gasteiger partial charge in [0.1, 0.15) is 11.5 Å². The van der Waals surface area contributed by atoms with E-state index in [2.05, 4.69) is 15.5 Å². The average molecular weight is 290 g/mol. The van der Waals surface area contributed by atoms with Crippen molar-refractivity contribution in [2.75, 3.05) is 5.32 Å². The molecule has 1 amide bonds. The van der Waals surface area contributed by atoms with Crippen LogP contribution in [0.1, 0.15) is 16.1 Å². The summed E-state index contributed by atoms with van der Waals surface area (Å²) in [5, 5.41) is 13.8. The first kappa shape index (κ1) is 14.3. The Kier molecular flexibility index (Phi) is 3.98. The molecule has 0 atom stereocenters. The number of hydrogen-bond donors (Lipinski definition) is 4. The maximum Gasteiger partial charge on any atom is 0.272 e. The molecule has 21 heavy (non-hydrogen) atoms. The molecule has 0 saturated carbocycles. The predicted molar refractivity (Wildman–Crippen MR) is 73.9 cm³/mol. The molecule has 1 aromatic carbocycles. The standard InChI is InChI=1S/C13H11FN4O3/c14-7-3-1-4-8(11(7)12(15)18-21)17-13(20)9-5-2-6-10(19)16-9/h1-6,21H,(H2,15,18)(H,16,19)(H,17,20). The van der Waals surface area contributed by atoms with E-state index in [-0.39, 0.29) is 16.9 Å². The van der Waals surface area contributed by atoms with Crippen molar-refractivity contribution in [3.8, 4) is 0 Å². The number of amides is 1. The molecule has 2 rings (SSSR count). The summed E-state index contributed by atoms with van der Waals surface area (Å²) in [5.41, 5.74) is 4.71. The van der Waals surface area contributed by atoms with E-state index < -0.39 is 23.1 Å². The Hall–Kier alpha value is -3.16. The van der Waals surface area contributed by atoms with Gasteiger partial charge in [0.25, 0.3) is 5.91 Å². The normalized spacial score (nSPS) is 11.2. The third kappa shape index (κ3) is 3.06. The van der Waals surface area contributed by atoms with Crippen molar-refractivity contribution >= 4 is 17.4 Å². The number of nitrogens with zero attached hydrogens (tertiary/aromatic N) is 1. The van der Waals surface area contributed by atoms with E-state index in [9.17, 15) is 14.0 Å². The molecule has 0 bridgehead atoms. The van der Waals surface area contributed by atoms with Crippen molar-refractivity contribution in [1.29, 1.82) is 0 Å². The molecule has 7 nitrogen and oxygen atoms in total. The van der Waals surface area contributed by atoms with E-state index in [1.807, 2.05) is 0 Å². The molecule has 5 N–H and O–H groups in total. The molecule has 0 fully saturated rings. The highest BCUT2D eigenvalue weighted by atomic mass is 19.1. The van der Waals surface area contributed by atoms with E-state index in [1.54, 1.807) is 0 Å². The van der Waals surface area contributed by atoms with Crippen molar-refractivity contribution in [3.63, 3.8) is 0 Å². The molecule has 8 heteroatoms. The number of aromatic nitrogens is 1. The lowest BCUT2D eigenvalue weighted by atomic mass is 10.1. The highest BCUT2D eigenvalue weighted by Gasteiger charge is 2.16. The second kappa shape index (κ2) is 5.87. The van der Waals surface area contributed by atoms with Gasteiger partial charge in [0.05, 0.1) is 11.3 Å². The molecule has 0 aliphatic heterocycles. The minimum absolute atomic E-state index is 0.00257. The molecule has 1 aromatic heterocycles. The lowest BCUT2D eigenvalue weighted by molar-refractivity contribution is 0.102. The molecule has 2 aromatic rings. The summed E-state index contributed by atoms with van der Waals surface area (Å²) >= 11 is 0. The maximum atomic E-state index is 13.7. The molecule has 0 aliphatic rings. The van der Waals surface area contributed by atoms with E-state index in [4.69, 9.17) is 10.9 Å². The number of rotatable bonds is 3. The summed E-state index contributed by atoms with van der Waals surface area (Å²) < 4.78 is 13.7. The smallest absolute Gasteiger partial charge is 0.272 e. The molecule has 0 unspecified atom stereocenters. The van der Waals surface area contributed by atoms with E-state index in [1.165, 1.54) is 30.3 Å². The lowest BCUT2D eigenvalue weighted by Gasteiger charge is -2.10. The monoisotopic (exact) mass is 290 g/mol. The van der Waals surface area contributed by atoms with E-state index in [0.717, 1.165) is 6.07 Å². The number of benzene rings is 1. The SMILES string of the molecule is N/C(=N/O)c1c(F)cccc1NC(=O)c1cccc(=O)[nH]1. The van der Waals surface area contributed by atoms with Gasteiger partial charge in [0.15, 0.2) is 5.84 Å². The van der Waals surface area contributed by atoms with Gasteiger partial charge in [-0.1, -0.05) is 17.3 Å². The molecule has 0 radical (unpaired) electrons. The van der Waals surface area contributed by atoms with Crippen molar-refractivity contribution in [2.24, 2.45) is 10.9 Å². The van der Waals surface area contributed by atoms with Crippen molar-refractivity contribution in [1.82, 2.24) is 4.98 Å². The Morgan fingerprint density at radius 2 is 2.00 bits per heavy atom. The quantitative estimate of drug-likeness (QED) is 0.290. The Bertz CT molecular complexity index is 770. The number of nitrogens with one attached hydrogen (secondary N) is 2. The maximum absolute atomic E-state index is 13.7. The van der Waals surface area contributed by atoms with Crippen LogP contribution < -0.4 is 16.6 Å². The second-order valence-electron chi connectivity index (χ2n) is 4.03. The summed E-state index contributed by atoms with van der Waals surface area (Å²) in [7, 11) is 0. The first-order valence-electron chi connectivity index (χ1n) is 5.80. The number of carbonyl (C=O) groups is 1. The van der Waals surface area contributed by atoms with Crippen LogP contribution in [0.3, 0.4) is 0 Å².